The van der Waals surface area contributed by atoms with Crippen LogP contribution in [0.25, 0.3) is 5.57 Å². The Morgan fingerprint density at radius 3 is 2.26 bits per heavy atom. The number of carbonyl (C=O) groups is 2. The van der Waals surface area contributed by atoms with Crippen LogP contribution in [0.2, 0.25) is 0 Å². The molecule has 0 saturated heterocycles. The third-order valence-electron chi connectivity index (χ3n) is 3.72. The van der Waals surface area contributed by atoms with Crippen molar-refractivity contribution in [2.75, 3.05) is 6.61 Å². The largest absolute Gasteiger partial charge is 0.501 e. The molecule has 3 rings (SSSR count). The number of fused-ring (bicyclic) bond motifs is 1. The first-order valence-corrected chi connectivity index (χ1v) is 7.53. The average molecular weight is 307 g/mol. The molecule has 0 bridgehead atoms. The Balaban J connectivity index is 2.02. The molecule has 1 aliphatic heterocycles. The Labute approximate surface area is 135 Å². The maximum atomic E-state index is 12.8. The number of hydrogen-bond acceptors (Lipinski definition) is 3. The predicted octanol–water partition coefficient (Wildman–Crippen LogP) is 3.25. The number of rotatable bonds is 4. The lowest BCUT2D eigenvalue weighted by Gasteiger charge is -2.28. The monoisotopic (exact) mass is 307 g/mol. The molecule has 1 aliphatic rings. The quantitative estimate of drug-likeness (QED) is 0.495. The minimum atomic E-state index is -0.328. The van der Waals surface area contributed by atoms with E-state index >= 15 is 0 Å². The summed E-state index contributed by atoms with van der Waals surface area (Å²) in [6.07, 6.45) is 1.45. The van der Waals surface area contributed by atoms with Crippen LogP contribution in [0.4, 0.5) is 0 Å². The molecule has 0 N–H and O–H groups in total. The van der Waals surface area contributed by atoms with Gasteiger partial charge >= 0.3 is 0 Å². The van der Waals surface area contributed by atoms with Gasteiger partial charge < -0.3 is 4.74 Å². The summed E-state index contributed by atoms with van der Waals surface area (Å²) < 4.78 is 5.31. The van der Waals surface area contributed by atoms with Gasteiger partial charge in [-0.15, -0.1) is 0 Å². The van der Waals surface area contributed by atoms with Crippen molar-refractivity contribution in [3.05, 3.63) is 77.5 Å². The van der Waals surface area contributed by atoms with Gasteiger partial charge in [-0.1, -0.05) is 48.5 Å². The third-order valence-corrected chi connectivity index (χ3v) is 3.72. The van der Waals surface area contributed by atoms with Gasteiger partial charge in [0.25, 0.3) is 11.8 Å². The van der Waals surface area contributed by atoms with Crippen LogP contribution in [0.5, 0.6) is 0 Å². The molecule has 0 aliphatic carbocycles. The lowest BCUT2D eigenvalue weighted by molar-refractivity contribution is -0.123. The number of nitrogens with zero attached hydrogens (tertiary/aromatic N) is 1. The van der Waals surface area contributed by atoms with Gasteiger partial charge in [-0.2, -0.15) is 0 Å². The van der Waals surface area contributed by atoms with Gasteiger partial charge in [0, 0.05) is 11.1 Å². The van der Waals surface area contributed by atoms with Crippen LogP contribution >= 0.6 is 0 Å². The van der Waals surface area contributed by atoms with E-state index in [0.29, 0.717) is 23.3 Å². The fourth-order valence-electron chi connectivity index (χ4n) is 2.59. The molecule has 2 aromatic carbocycles. The maximum absolute atomic E-state index is 12.8. The van der Waals surface area contributed by atoms with E-state index in [1.807, 2.05) is 43.3 Å². The molecule has 0 fully saturated rings. The average Bonchev–Trinajstić information content (AvgIpc) is 2.59. The molecular formula is C19H17NO3. The van der Waals surface area contributed by atoms with Crippen molar-refractivity contribution < 1.29 is 14.3 Å². The number of ether oxygens (including phenoxy) is 1. The highest BCUT2D eigenvalue weighted by atomic mass is 16.5. The van der Waals surface area contributed by atoms with Crippen LogP contribution < -0.4 is 0 Å². The highest BCUT2D eigenvalue weighted by molar-refractivity contribution is 6.30. The molecule has 0 saturated carbocycles. The Morgan fingerprint density at radius 2 is 1.57 bits per heavy atom. The van der Waals surface area contributed by atoms with Crippen LogP contribution in [0.15, 0.2) is 60.9 Å². The smallest absolute Gasteiger partial charge is 0.264 e. The Bertz CT molecular complexity index is 765. The molecule has 23 heavy (non-hydrogen) atoms. The van der Waals surface area contributed by atoms with Gasteiger partial charge in [-0.3, -0.25) is 14.5 Å². The zero-order valence-corrected chi connectivity index (χ0v) is 12.9. The summed E-state index contributed by atoms with van der Waals surface area (Å²) in [5.74, 6) is -0.603. The second-order valence-corrected chi connectivity index (χ2v) is 5.21. The van der Waals surface area contributed by atoms with Crippen molar-refractivity contribution in [2.24, 2.45) is 0 Å². The number of carbonyl (C=O) groups excluding carboxylic acids is 2. The fourth-order valence-corrected chi connectivity index (χ4v) is 2.59. The van der Waals surface area contributed by atoms with E-state index in [9.17, 15) is 9.59 Å². The number of benzene rings is 2. The molecule has 0 spiro atoms. The molecule has 1 heterocycles. The van der Waals surface area contributed by atoms with Crippen LogP contribution in [-0.4, -0.2) is 23.3 Å². The Morgan fingerprint density at radius 1 is 0.913 bits per heavy atom. The van der Waals surface area contributed by atoms with Crippen LogP contribution in [0, 0.1) is 0 Å². The summed E-state index contributed by atoms with van der Waals surface area (Å²) in [7, 11) is 0. The van der Waals surface area contributed by atoms with E-state index in [-0.39, 0.29) is 18.4 Å². The second kappa shape index (κ2) is 6.48. The first-order chi connectivity index (χ1) is 11.2. The molecule has 4 nitrogen and oxygen atoms in total. The lowest BCUT2D eigenvalue weighted by Crippen LogP contribution is -2.41. The Hall–Kier alpha value is -2.88. The molecule has 0 atom stereocenters. The SMILES string of the molecule is CCOC=C1C(=O)N(Cc2ccccc2)C(=O)c2ccccc21. The minimum Gasteiger partial charge on any atom is -0.501 e. The van der Waals surface area contributed by atoms with Gasteiger partial charge in [0.1, 0.15) is 0 Å². The van der Waals surface area contributed by atoms with E-state index in [4.69, 9.17) is 4.74 Å². The third kappa shape index (κ3) is 2.88. The molecule has 2 aromatic rings. The van der Waals surface area contributed by atoms with Crippen molar-refractivity contribution in [3.8, 4) is 0 Å². The van der Waals surface area contributed by atoms with Crippen LogP contribution in [-0.2, 0) is 16.1 Å². The van der Waals surface area contributed by atoms with E-state index < -0.39 is 0 Å². The summed E-state index contributed by atoms with van der Waals surface area (Å²) in [6, 6.07) is 16.6. The standard InChI is InChI=1S/C19H17NO3/c1-2-23-13-17-15-10-6-7-11-16(15)18(21)20(19(17)22)12-14-8-4-3-5-9-14/h3-11,13H,2,12H2,1H3. The highest BCUT2D eigenvalue weighted by Crippen LogP contribution is 2.29. The molecule has 4 heteroatoms. The van der Waals surface area contributed by atoms with E-state index in [1.54, 1.807) is 18.2 Å². The van der Waals surface area contributed by atoms with Crippen LogP contribution in [0.3, 0.4) is 0 Å². The first kappa shape index (κ1) is 15.0. The minimum absolute atomic E-state index is 0.246. The number of amides is 2. The van der Waals surface area contributed by atoms with Crippen LogP contribution in [0.1, 0.15) is 28.4 Å². The van der Waals surface area contributed by atoms with Crippen molar-refractivity contribution in [1.29, 1.82) is 0 Å². The fraction of sp³-hybridized carbons (Fsp3) is 0.158. The van der Waals surface area contributed by atoms with Gasteiger partial charge in [0.15, 0.2) is 0 Å². The summed E-state index contributed by atoms with van der Waals surface area (Å²) in [4.78, 5) is 26.7. The molecule has 2 amide bonds. The molecule has 116 valence electrons. The zero-order valence-electron chi connectivity index (χ0n) is 12.9. The van der Waals surface area contributed by atoms with E-state index in [1.165, 1.54) is 11.2 Å². The summed E-state index contributed by atoms with van der Waals surface area (Å²) in [5, 5.41) is 0. The topological polar surface area (TPSA) is 46.6 Å². The van der Waals surface area contributed by atoms with E-state index in [2.05, 4.69) is 0 Å². The Kier molecular flexibility index (Phi) is 4.24. The van der Waals surface area contributed by atoms with Gasteiger partial charge in [0.05, 0.1) is 25.0 Å². The second-order valence-electron chi connectivity index (χ2n) is 5.21. The van der Waals surface area contributed by atoms with Crippen molar-refractivity contribution >= 4 is 17.4 Å². The summed E-state index contributed by atoms with van der Waals surface area (Å²) in [5.41, 5.74) is 2.47. The maximum Gasteiger partial charge on any atom is 0.264 e. The zero-order chi connectivity index (χ0) is 16.2. The molecule has 0 aromatic heterocycles. The lowest BCUT2D eigenvalue weighted by atomic mass is 9.94. The van der Waals surface area contributed by atoms with Crippen molar-refractivity contribution in [3.63, 3.8) is 0 Å². The van der Waals surface area contributed by atoms with Gasteiger partial charge in [0.2, 0.25) is 0 Å². The van der Waals surface area contributed by atoms with E-state index in [0.717, 1.165) is 5.56 Å². The number of imide groups is 1. The predicted molar refractivity (Wildman–Crippen MR) is 87.4 cm³/mol. The molecular weight excluding hydrogens is 290 g/mol. The number of hydrogen-bond donors (Lipinski definition) is 0. The van der Waals surface area contributed by atoms with Gasteiger partial charge in [-0.25, -0.2) is 0 Å². The normalized spacial score (nSPS) is 15.7. The first-order valence-electron chi connectivity index (χ1n) is 7.53. The summed E-state index contributed by atoms with van der Waals surface area (Å²) >= 11 is 0. The van der Waals surface area contributed by atoms with Gasteiger partial charge in [-0.05, 0) is 18.6 Å². The molecule has 0 radical (unpaired) electrons. The highest BCUT2D eigenvalue weighted by Gasteiger charge is 2.34. The molecule has 0 unspecified atom stereocenters. The van der Waals surface area contributed by atoms with Crippen molar-refractivity contribution in [2.45, 2.75) is 13.5 Å². The van der Waals surface area contributed by atoms with Crippen molar-refractivity contribution in [1.82, 2.24) is 4.90 Å². The summed E-state index contributed by atoms with van der Waals surface area (Å²) in [6.45, 7) is 2.56.